The Bertz CT molecular complexity index is 886. The lowest BCUT2D eigenvalue weighted by Crippen LogP contribution is -2.25. The Morgan fingerprint density at radius 2 is 1.96 bits per heavy atom. The molecule has 2 aromatic rings. The minimum Gasteiger partial charge on any atom is -0.462 e. The lowest BCUT2D eigenvalue weighted by molar-refractivity contribution is 0.0525. The fourth-order valence-corrected chi connectivity index (χ4v) is 3.52. The van der Waals surface area contributed by atoms with Gasteiger partial charge in [-0.2, -0.15) is 5.26 Å². The smallest absolute Gasteiger partial charge is 0.344 e. The highest BCUT2D eigenvalue weighted by molar-refractivity contribution is 8.03. The Balaban J connectivity index is 2.95. The highest BCUT2D eigenvalue weighted by Crippen LogP contribution is 2.45. The second-order valence-electron chi connectivity index (χ2n) is 4.69. The van der Waals surface area contributed by atoms with Crippen molar-refractivity contribution in [2.24, 2.45) is 0 Å². The number of thiocyanates is 1. The van der Waals surface area contributed by atoms with Crippen LogP contribution < -0.4 is 5.56 Å². The van der Waals surface area contributed by atoms with Crippen molar-refractivity contribution in [2.45, 2.75) is 15.6 Å². The monoisotopic (exact) mass is 416 g/mol. The predicted molar refractivity (Wildman–Crippen MR) is 99.2 cm³/mol. The molecule has 0 saturated carbocycles. The van der Waals surface area contributed by atoms with Crippen LogP contribution in [0.2, 0.25) is 0 Å². The van der Waals surface area contributed by atoms with Crippen LogP contribution in [-0.2, 0) is 8.53 Å². The zero-order valence-electron chi connectivity index (χ0n) is 12.8. The molecule has 0 unspecified atom stereocenters. The largest absolute Gasteiger partial charge is 0.462 e. The van der Waals surface area contributed by atoms with Crippen molar-refractivity contribution < 1.29 is 9.53 Å². The molecule has 0 aliphatic rings. The third kappa shape index (κ3) is 4.31. The maximum atomic E-state index is 12.5. The summed E-state index contributed by atoms with van der Waals surface area (Å²) in [6.45, 7) is 1.70. The van der Waals surface area contributed by atoms with Crippen molar-refractivity contribution in [1.29, 1.82) is 5.26 Å². The van der Waals surface area contributed by atoms with E-state index in [1.54, 1.807) is 37.3 Å². The molecule has 0 aliphatic heterocycles. The molecular weight excluding hydrogens is 407 g/mol. The van der Waals surface area contributed by atoms with E-state index in [4.69, 9.17) is 44.8 Å². The topological polar surface area (TPSA) is 82.9 Å². The number of ether oxygens (including phenoxy) is 1. The number of halogens is 3. The summed E-state index contributed by atoms with van der Waals surface area (Å²) in [5.74, 6) is -0.821. The minimum atomic E-state index is -1.99. The number of esters is 1. The molecule has 25 heavy (non-hydrogen) atoms. The molecule has 0 aliphatic carbocycles. The minimum absolute atomic E-state index is 0.0825. The lowest BCUT2D eigenvalue weighted by Gasteiger charge is -2.19. The standard InChI is InChI=1S/C16H11Cl3N2O3S/c1-2-24-15(23)11-10(9-6-4-3-5-7-9)12(25-8-20)13(16(17,18)19)21-14(11)22/h3-7H,2H2,1H3,(H,21,22). The van der Waals surface area contributed by atoms with Gasteiger partial charge in [0.05, 0.1) is 17.2 Å². The number of aromatic amines is 1. The molecule has 130 valence electrons. The maximum absolute atomic E-state index is 12.5. The third-order valence-electron chi connectivity index (χ3n) is 3.14. The zero-order chi connectivity index (χ0) is 18.6. The number of carbonyl (C=O) groups is 1. The quantitative estimate of drug-likeness (QED) is 0.340. The summed E-state index contributed by atoms with van der Waals surface area (Å²) in [6, 6.07) is 8.58. The van der Waals surface area contributed by atoms with Crippen LogP contribution in [0.5, 0.6) is 0 Å². The molecule has 0 atom stereocenters. The molecule has 5 nitrogen and oxygen atoms in total. The number of nitriles is 1. The fourth-order valence-electron chi connectivity index (χ4n) is 2.21. The van der Waals surface area contributed by atoms with Gasteiger partial charge >= 0.3 is 5.97 Å². The molecule has 1 N–H and O–H groups in total. The number of alkyl halides is 3. The van der Waals surface area contributed by atoms with Gasteiger partial charge in [0.25, 0.3) is 5.56 Å². The van der Waals surface area contributed by atoms with Crippen molar-refractivity contribution in [2.75, 3.05) is 6.61 Å². The van der Waals surface area contributed by atoms with Crippen LogP contribution in [-0.4, -0.2) is 17.6 Å². The van der Waals surface area contributed by atoms with Crippen molar-refractivity contribution in [1.82, 2.24) is 4.98 Å². The highest BCUT2D eigenvalue weighted by Gasteiger charge is 2.33. The van der Waals surface area contributed by atoms with Crippen LogP contribution >= 0.6 is 46.6 Å². The van der Waals surface area contributed by atoms with Gasteiger partial charge in [-0.3, -0.25) is 4.79 Å². The summed E-state index contributed by atoms with van der Waals surface area (Å²) in [4.78, 5) is 27.4. The van der Waals surface area contributed by atoms with E-state index in [2.05, 4.69) is 4.98 Å². The number of carbonyl (C=O) groups excluding carboxylic acids is 1. The predicted octanol–water partition coefficient (Wildman–Crippen LogP) is 4.62. The number of hydrogen-bond donors (Lipinski definition) is 1. The second kappa shape index (κ2) is 8.15. The van der Waals surface area contributed by atoms with Gasteiger partial charge in [-0.15, -0.1) is 0 Å². The molecule has 0 fully saturated rings. The van der Waals surface area contributed by atoms with Crippen molar-refractivity contribution >= 4 is 52.5 Å². The molecule has 1 heterocycles. The molecular formula is C16H11Cl3N2O3S. The highest BCUT2D eigenvalue weighted by atomic mass is 35.6. The summed E-state index contributed by atoms with van der Waals surface area (Å²) in [6.07, 6.45) is 0. The first kappa shape index (κ1) is 19.7. The Labute approximate surface area is 162 Å². The first-order valence-corrected chi connectivity index (χ1v) is 8.92. The SMILES string of the molecule is CCOC(=O)c1c(-c2ccccc2)c(SC#N)c(C(Cl)(Cl)Cl)[nH]c1=O. The van der Waals surface area contributed by atoms with Crippen LogP contribution in [0.1, 0.15) is 23.0 Å². The third-order valence-corrected chi connectivity index (χ3v) is 4.41. The molecule has 0 spiro atoms. The normalized spacial score (nSPS) is 11.0. The van der Waals surface area contributed by atoms with Crippen LogP contribution in [0.15, 0.2) is 40.0 Å². The van der Waals surface area contributed by atoms with E-state index >= 15 is 0 Å². The van der Waals surface area contributed by atoms with E-state index in [-0.39, 0.29) is 28.3 Å². The lowest BCUT2D eigenvalue weighted by atomic mass is 10.00. The Morgan fingerprint density at radius 1 is 1.32 bits per heavy atom. The van der Waals surface area contributed by atoms with E-state index < -0.39 is 15.3 Å². The van der Waals surface area contributed by atoms with Gasteiger partial charge in [0, 0.05) is 5.56 Å². The van der Waals surface area contributed by atoms with Gasteiger partial charge in [-0.05, 0) is 24.2 Å². The van der Waals surface area contributed by atoms with Crippen LogP contribution in [0, 0.1) is 10.7 Å². The molecule has 1 aromatic heterocycles. The van der Waals surface area contributed by atoms with Crippen molar-refractivity contribution in [3.8, 4) is 16.5 Å². The Morgan fingerprint density at radius 3 is 2.48 bits per heavy atom. The van der Waals surface area contributed by atoms with Gasteiger partial charge in [-0.25, -0.2) is 4.79 Å². The summed E-state index contributed by atoms with van der Waals surface area (Å²) in [5.41, 5.74) is -0.383. The van der Waals surface area contributed by atoms with E-state index in [9.17, 15) is 9.59 Å². The molecule has 1 aromatic carbocycles. The van der Waals surface area contributed by atoms with Gasteiger partial charge in [-0.1, -0.05) is 65.1 Å². The van der Waals surface area contributed by atoms with E-state index in [0.717, 1.165) is 0 Å². The molecule has 0 bridgehead atoms. The van der Waals surface area contributed by atoms with E-state index in [1.807, 2.05) is 5.40 Å². The summed E-state index contributed by atoms with van der Waals surface area (Å²) in [5, 5.41) is 11.0. The molecule has 2 rings (SSSR count). The number of H-pyrrole nitrogens is 1. The number of nitrogens with one attached hydrogen (secondary N) is 1. The van der Waals surface area contributed by atoms with Gasteiger partial charge in [0.2, 0.25) is 3.79 Å². The number of rotatable bonds is 4. The number of pyridine rings is 1. The molecule has 0 radical (unpaired) electrons. The number of thioether (sulfide) groups is 1. The second-order valence-corrected chi connectivity index (χ2v) is 7.76. The van der Waals surface area contributed by atoms with Crippen LogP contribution in [0.25, 0.3) is 11.1 Å². The molecule has 9 heteroatoms. The number of nitrogens with zero attached hydrogens (tertiary/aromatic N) is 1. The van der Waals surface area contributed by atoms with Crippen LogP contribution in [0.3, 0.4) is 0 Å². The Hall–Kier alpha value is -1.65. The Kier molecular flexibility index (Phi) is 6.42. The fraction of sp³-hybridized carbons (Fsp3) is 0.188. The number of benzene rings is 1. The maximum Gasteiger partial charge on any atom is 0.344 e. The van der Waals surface area contributed by atoms with Gasteiger partial charge in [0.15, 0.2) is 0 Å². The first-order valence-electron chi connectivity index (χ1n) is 6.97. The van der Waals surface area contributed by atoms with Crippen LogP contribution in [0.4, 0.5) is 0 Å². The molecule has 0 amide bonds. The van der Waals surface area contributed by atoms with E-state index in [1.165, 1.54) is 0 Å². The first-order chi connectivity index (χ1) is 11.8. The van der Waals surface area contributed by atoms with Crippen molar-refractivity contribution in [3.63, 3.8) is 0 Å². The summed E-state index contributed by atoms with van der Waals surface area (Å²) >= 11 is 18.5. The van der Waals surface area contributed by atoms with Gasteiger partial charge < -0.3 is 9.72 Å². The average Bonchev–Trinajstić information content (AvgIpc) is 2.55. The zero-order valence-corrected chi connectivity index (χ0v) is 15.9. The molecule has 0 saturated heterocycles. The number of aromatic nitrogens is 1. The summed E-state index contributed by atoms with van der Waals surface area (Å²) < 4.78 is 2.99. The summed E-state index contributed by atoms with van der Waals surface area (Å²) in [7, 11) is 0. The number of hydrogen-bond acceptors (Lipinski definition) is 5. The average molecular weight is 418 g/mol. The van der Waals surface area contributed by atoms with Gasteiger partial charge in [0.1, 0.15) is 11.0 Å². The van der Waals surface area contributed by atoms with E-state index in [0.29, 0.717) is 17.3 Å². The van der Waals surface area contributed by atoms with Crippen molar-refractivity contribution in [3.05, 3.63) is 51.9 Å².